The summed E-state index contributed by atoms with van der Waals surface area (Å²) in [5.41, 5.74) is 0.943. The highest BCUT2D eigenvalue weighted by Gasteiger charge is 2.21. The number of hydrogen-bond donors (Lipinski definition) is 1. The Morgan fingerprint density at radius 1 is 1.36 bits per heavy atom. The van der Waals surface area contributed by atoms with Crippen molar-refractivity contribution in [1.29, 1.82) is 0 Å². The second kappa shape index (κ2) is 3.73. The molecule has 0 unspecified atom stereocenters. The van der Waals surface area contributed by atoms with E-state index in [-0.39, 0.29) is 0 Å². The first-order valence-corrected chi connectivity index (χ1v) is 5.29. The van der Waals surface area contributed by atoms with E-state index in [1.165, 1.54) is 12.8 Å². The summed E-state index contributed by atoms with van der Waals surface area (Å²) >= 11 is 5.96. The van der Waals surface area contributed by atoms with Crippen LogP contribution in [0.25, 0.3) is 0 Å². The average molecular weight is 212 g/mol. The van der Waals surface area contributed by atoms with Crippen LogP contribution in [0, 0.1) is 19.8 Å². The van der Waals surface area contributed by atoms with Gasteiger partial charge in [-0.05, 0) is 32.6 Å². The average Bonchev–Trinajstić information content (AvgIpc) is 2.92. The first kappa shape index (κ1) is 9.71. The largest absolute Gasteiger partial charge is 0.369 e. The number of anilines is 1. The number of aryl methyl sites for hydroxylation is 1. The van der Waals surface area contributed by atoms with Crippen LogP contribution < -0.4 is 5.32 Å². The van der Waals surface area contributed by atoms with Crippen molar-refractivity contribution in [3.8, 4) is 0 Å². The monoisotopic (exact) mass is 211 g/mol. The van der Waals surface area contributed by atoms with Crippen molar-refractivity contribution in [2.75, 3.05) is 11.9 Å². The molecule has 4 heteroatoms. The highest BCUT2D eigenvalue weighted by Crippen LogP contribution is 2.29. The summed E-state index contributed by atoms with van der Waals surface area (Å²) in [5.74, 6) is 2.44. The minimum atomic E-state index is 0.552. The topological polar surface area (TPSA) is 37.8 Å². The van der Waals surface area contributed by atoms with Crippen LogP contribution in [0.5, 0.6) is 0 Å². The zero-order valence-corrected chi connectivity index (χ0v) is 9.23. The minimum Gasteiger partial charge on any atom is -0.369 e. The van der Waals surface area contributed by atoms with Crippen molar-refractivity contribution in [2.45, 2.75) is 26.7 Å². The molecule has 1 heterocycles. The fourth-order valence-electron chi connectivity index (χ4n) is 1.33. The predicted molar refractivity (Wildman–Crippen MR) is 57.7 cm³/mol. The van der Waals surface area contributed by atoms with Crippen LogP contribution in [0.3, 0.4) is 0 Å². The normalized spacial score (nSPS) is 15.6. The van der Waals surface area contributed by atoms with Crippen LogP contribution in [-0.4, -0.2) is 16.5 Å². The van der Waals surface area contributed by atoms with E-state index < -0.39 is 0 Å². The molecule has 0 aliphatic heterocycles. The number of aromatic nitrogens is 2. The summed E-state index contributed by atoms with van der Waals surface area (Å²) in [5, 5.41) is 3.87. The summed E-state index contributed by atoms with van der Waals surface area (Å²) in [7, 11) is 0. The van der Waals surface area contributed by atoms with Crippen molar-refractivity contribution >= 4 is 17.4 Å². The molecule has 0 saturated heterocycles. The molecule has 76 valence electrons. The third-order valence-electron chi connectivity index (χ3n) is 2.45. The molecule has 1 aromatic heterocycles. The maximum Gasteiger partial charge on any atom is 0.137 e. The molecule has 1 fully saturated rings. The molecule has 1 aromatic rings. The molecule has 0 bridgehead atoms. The zero-order valence-electron chi connectivity index (χ0n) is 8.47. The lowest BCUT2D eigenvalue weighted by Gasteiger charge is -2.09. The molecule has 0 radical (unpaired) electrons. The van der Waals surface area contributed by atoms with Gasteiger partial charge in [0.2, 0.25) is 0 Å². The van der Waals surface area contributed by atoms with Crippen molar-refractivity contribution in [3.63, 3.8) is 0 Å². The zero-order chi connectivity index (χ0) is 10.1. The van der Waals surface area contributed by atoms with E-state index in [2.05, 4.69) is 15.3 Å². The van der Waals surface area contributed by atoms with Gasteiger partial charge in [0.1, 0.15) is 16.8 Å². The molecule has 14 heavy (non-hydrogen) atoms. The highest BCUT2D eigenvalue weighted by molar-refractivity contribution is 6.30. The molecule has 1 aliphatic rings. The smallest absolute Gasteiger partial charge is 0.137 e. The Kier molecular flexibility index (Phi) is 2.59. The van der Waals surface area contributed by atoms with Crippen molar-refractivity contribution in [3.05, 3.63) is 16.5 Å². The molecule has 2 rings (SSSR count). The van der Waals surface area contributed by atoms with Crippen molar-refractivity contribution < 1.29 is 0 Å². The van der Waals surface area contributed by atoms with Gasteiger partial charge in [0, 0.05) is 12.1 Å². The van der Waals surface area contributed by atoms with Gasteiger partial charge in [-0.3, -0.25) is 0 Å². The number of nitrogens with zero attached hydrogens (tertiary/aromatic N) is 2. The Bertz CT molecular complexity index is 347. The Labute approximate surface area is 88.9 Å². The number of nitrogens with one attached hydrogen (secondary N) is 1. The minimum absolute atomic E-state index is 0.552. The lowest BCUT2D eigenvalue weighted by molar-refractivity contribution is 0.874. The molecule has 1 aliphatic carbocycles. The highest BCUT2D eigenvalue weighted by atomic mass is 35.5. The fourth-order valence-corrected chi connectivity index (χ4v) is 1.54. The second-order valence-electron chi connectivity index (χ2n) is 3.86. The maximum absolute atomic E-state index is 5.96. The molecule has 1 N–H and O–H groups in total. The number of halogens is 1. The van der Waals surface area contributed by atoms with E-state index in [0.717, 1.165) is 29.7 Å². The van der Waals surface area contributed by atoms with Gasteiger partial charge in [0.15, 0.2) is 0 Å². The summed E-state index contributed by atoms with van der Waals surface area (Å²) in [4.78, 5) is 8.42. The van der Waals surface area contributed by atoms with Gasteiger partial charge in [0.05, 0.1) is 0 Å². The lowest BCUT2D eigenvalue weighted by Crippen LogP contribution is -2.08. The fraction of sp³-hybridized carbons (Fsp3) is 0.600. The van der Waals surface area contributed by atoms with E-state index >= 15 is 0 Å². The van der Waals surface area contributed by atoms with Gasteiger partial charge in [-0.2, -0.15) is 0 Å². The van der Waals surface area contributed by atoms with E-state index in [1.54, 1.807) is 0 Å². The first-order chi connectivity index (χ1) is 6.66. The van der Waals surface area contributed by atoms with Crippen LogP contribution >= 0.6 is 11.6 Å². The summed E-state index contributed by atoms with van der Waals surface area (Å²) < 4.78 is 0. The van der Waals surface area contributed by atoms with Crippen LogP contribution in [0.15, 0.2) is 0 Å². The quantitative estimate of drug-likeness (QED) is 0.781. The third kappa shape index (κ3) is 2.15. The van der Waals surface area contributed by atoms with E-state index in [4.69, 9.17) is 11.6 Å². The Morgan fingerprint density at radius 3 is 2.71 bits per heavy atom. The van der Waals surface area contributed by atoms with Gasteiger partial charge in [-0.25, -0.2) is 9.97 Å². The number of rotatable bonds is 3. The van der Waals surface area contributed by atoms with Crippen molar-refractivity contribution in [1.82, 2.24) is 9.97 Å². The SMILES string of the molecule is Cc1nc(Cl)c(C)c(NCC2CC2)n1. The Hall–Kier alpha value is -0.830. The molecule has 0 amide bonds. The van der Waals surface area contributed by atoms with Gasteiger partial charge in [-0.1, -0.05) is 11.6 Å². The van der Waals surface area contributed by atoms with Gasteiger partial charge < -0.3 is 5.32 Å². The lowest BCUT2D eigenvalue weighted by atomic mass is 10.3. The van der Waals surface area contributed by atoms with Crippen LogP contribution in [0.2, 0.25) is 5.15 Å². The summed E-state index contributed by atoms with van der Waals surface area (Å²) in [6, 6.07) is 0. The van der Waals surface area contributed by atoms with E-state index in [0.29, 0.717) is 5.15 Å². The van der Waals surface area contributed by atoms with Gasteiger partial charge >= 0.3 is 0 Å². The first-order valence-electron chi connectivity index (χ1n) is 4.91. The van der Waals surface area contributed by atoms with Crippen LogP contribution in [-0.2, 0) is 0 Å². The van der Waals surface area contributed by atoms with Gasteiger partial charge in [0.25, 0.3) is 0 Å². The Morgan fingerprint density at radius 2 is 2.07 bits per heavy atom. The molecule has 0 aromatic carbocycles. The summed E-state index contributed by atoms with van der Waals surface area (Å²) in [6.45, 7) is 4.80. The van der Waals surface area contributed by atoms with Gasteiger partial charge in [-0.15, -0.1) is 0 Å². The molecule has 3 nitrogen and oxygen atoms in total. The van der Waals surface area contributed by atoms with Crippen LogP contribution in [0.4, 0.5) is 5.82 Å². The molecule has 1 saturated carbocycles. The standard InChI is InChI=1S/C10H14ClN3/c1-6-9(11)13-7(2)14-10(6)12-5-8-3-4-8/h8H,3-5H2,1-2H3,(H,12,13,14). The second-order valence-corrected chi connectivity index (χ2v) is 4.22. The molecule has 0 atom stereocenters. The van der Waals surface area contributed by atoms with E-state index in [1.807, 2.05) is 13.8 Å². The maximum atomic E-state index is 5.96. The Balaban J connectivity index is 2.13. The van der Waals surface area contributed by atoms with Crippen molar-refractivity contribution in [2.24, 2.45) is 5.92 Å². The number of hydrogen-bond acceptors (Lipinski definition) is 3. The predicted octanol–water partition coefficient (Wildman–Crippen LogP) is 2.57. The summed E-state index contributed by atoms with van der Waals surface area (Å²) in [6.07, 6.45) is 2.67. The third-order valence-corrected chi connectivity index (χ3v) is 2.82. The molecular formula is C10H14ClN3. The molecular weight excluding hydrogens is 198 g/mol. The van der Waals surface area contributed by atoms with Crippen LogP contribution in [0.1, 0.15) is 24.2 Å². The molecule has 0 spiro atoms. The van der Waals surface area contributed by atoms with E-state index in [9.17, 15) is 0 Å².